The lowest BCUT2D eigenvalue weighted by Gasteiger charge is -2.35. The summed E-state index contributed by atoms with van der Waals surface area (Å²) in [7, 11) is 0. The molecule has 1 aromatic heterocycles. The van der Waals surface area contributed by atoms with E-state index in [-0.39, 0.29) is 11.4 Å². The number of anilines is 1. The van der Waals surface area contributed by atoms with E-state index in [4.69, 9.17) is 9.47 Å². The van der Waals surface area contributed by atoms with Gasteiger partial charge in [-0.05, 0) is 41.0 Å². The van der Waals surface area contributed by atoms with Gasteiger partial charge in [-0.3, -0.25) is 9.69 Å². The fourth-order valence-electron chi connectivity index (χ4n) is 3.33. The highest BCUT2D eigenvalue weighted by molar-refractivity contribution is 5.95. The number of rotatable bonds is 8. The highest BCUT2D eigenvalue weighted by Crippen LogP contribution is 2.20. The third-order valence-corrected chi connectivity index (χ3v) is 4.83. The Morgan fingerprint density at radius 1 is 1.23 bits per heavy atom. The number of aromatic nitrogens is 2. The van der Waals surface area contributed by atoms with E-state index in [9.17, 15) is 9.59 Å². The molecule has 1 atom stereocenters. The summed E-state index contributed by atoms with van der Waals surface area (Å²) in [5.74, 6) is 0.154. The van der Waals surface area contributed by atoms with Crippen LogP contribution in [0, 0.1) is 0 Å². The average Bonchev–Trinajstić information content (AvgIpc) is 3.10. The van der Waals surface area contributed by atoms with Gasteiger partial charge in [0.05, 0.1) is 25.1 Å². The monoisotopic (exact) mass is 423 g/mol. The Bertz CT molecular complexity index is 704. The quantitative estimate of drug-likeness (QED) is 0.667. The Morgan fingerprint density at radius 2 is 1.90 bits per heavy atom. The van der Waals surface area contributed by atoms with Crippen LogP contribution in [-0.4, -0.2) is 70.9 Å². The maximum Gasteiger partial charge on any atom is 0.408 e. The highest BCUT2D eigenvalue weighted by atomic mass is 16.6. The lowest BCUT2D eigenvalue weighted by molar-refractivity contribution is -0.118. The van der Waals surface area contributed by atoms with E-state index >= 15 is 0 Å². The fraction of sp³-hybridized carbons (Fsp3) is 0.762. The van der Waals surface area contributed by atoms with Crippen LogP contribution in [0.3, 0.4) is 0 Å². The maximum atomic E-state index is 12.7. The number of carbonyl (C=O) groups excluding carboxylic acids is 2. The van der Waals surface area contributed by atoms with E-state index in [0.717, 1.165) is 39.3 Å². The summed E-state index contributed by atoms with van der Waals surface area (Å²) < 4.78 is 12.7. The van der Waals surface area contributed by atoms with Gasteiger partial charge in [0.25, 0.3) is 0 Å². The smallest absolute Gasteiger partial charge is 0.408 e. The molecule has 9 heteroatoms. The molecule has 30 heavy (non-hydrogen) atoms. The standard InChI is InChI=1S/C21H37N5O4/c1-7-8-16(23-19(28)30-20(2,3)4)18(27)24-17-13-26(15-22-17)21(5,6)14-25-9-11-29-12-10-25/h13,15-16H,7-12,14H2,1-6H3,(H,23,28)(H,24,27). The molecular formula is C21H37N5O4. The number of ether oxygens (including phenoxy) is 2. The molecule has 0 aliphatic carbocycles. The Labute approximate surface area is 179 Å². The van der Waals surface area contributed by atoms with E-state index in [1.54, 1.807) is 27.1 Å². The summed E-state index contributed by atoms with van der Waals surface area (Å²) in [5.41, 5.74) is -0.812. The zero-order valence-electron chi connectivity index (χ0n) is 19.2. The Balaban J connectivity index is 1.97. The molecule has 0 spiro atoms. The minimum absolute atomic E-state index is 0.190. The van der Waals surface area contributed by atoms with E-state index in [2.05, 4.69) is 34.4 Å². The van der Waals surface area contributed by atoms with Crippen molar-refractivity contribution >= 4 is 17.8 Å². The topological polar surface area (TPSA) is 97.7 Å². The van der Waals surface area contributed by atoms with E-state index in [1.165, 1.54) is 0 Å². The van der Waals surface area contributed by atoms with Crippen LogP contribution >= 0.6 is 0 Å². The van der Waals surface area contributed by atoms with Gasteiger partial charge >= 0.3 is 6.09 Å². The number of hydrogen-bond acceptors (Lipinski definition) is 6. The molecule has 1 aliphatic rings. The Morgan fingerprint density at radius 3 is 2.50 bits per heavy atom. The second-order valence-electron chi connectivity index (χ2n) is 9.34. The predicted molar refractivity (Wildman–Crippen MR) is 116 cm³/mol. The lowest BCUT2D eigenvalue weighted by atomic mass is 10.0. The number of hydrogen-bond donors (Lipinski definition) is 2. The minimum atomic E-state index is -0.684. The number of amides is 2. The molecule has 1 saturated heterocycles. The first-order valence-corrected chi connectivity index (χ1v) is 10.6. The minimum Gasteiger partial charge on any atom is -0.444 e. The van der Waals surface area contributed by atoms with Crippen molar-refractivity contribution in [2.75, 3.05) is 38.2 Å². The summed E-state index contributed by atoms with van der Waals surface area (Å²) in [6.45, 7) is 15.8. The molecule has 1 unspecified atom stereocenters. The van der Waals surface area contributed by atoms with Crippen molar-refractivity contribution in [1.29, 1.82) is 0 Å². The summed E-state index contributed by atoms with van der Waals surface area (Å²) in [4.78, 5) is 31.5. The van der Waals surface area contributed by atoms with Gasteiger partial charge in [0.15, 0.2) is 5.82 Å². The zero-order chi connectivity index (χ0) is 22.4. The Kier molecular flexibility index (Phi) is 8.25. The molecule has 0 aromatic carbocycles. The second kappa shape index (κ2) is 10.3. The average molecular weight is 424 g/mol. The summed E-state index contributed by atoms with van der Waals surface area (Å²) in [6, 6.07) is -0.684. The second-order valence-corrected chi connectivity index (χ2v) is 9.34. The first-order chi connectivity index (χ1) is 14.0. The Hall–Kier alpha value is -2.13. The van der Waals surface area contributed by atoms with E-state index in [0.29, 0.717) is 12.2 Å². The largest absolute Gasteiger partial charge is 0.444 e. The summed E-state index contributed by atoms with van der Waals surface area (Å²) in [5, 5.41) is 5.48. The maximum absolute atomic E-state index is 12.7. The van der Waals surface area contributed by atoms with Crippen molar-refractivity contribution in [3.8, 4) is 0 Å². The van der Waals surface area contributed by atoms with Gasteiger partial charge in [0, 0.05) is 25.8 Å². The molecule has 0 radical (unpaired) electrons. The van der Waals surface area contributed by atoms with Crippen LogP contribution in [0.25, 0.3) is 0 Å². The molecule has 1 fully saturated rings. The number of nitrogens with zero attached hydrogens (tertiary/aromatic N) is 3. The number of nitrogens with one attached hydrogen (secondary N) is 2. The van der Waals surface area contributed by atoms with Crippen LogP contribution in [0.4, 0.5) is 10.6 Å². The van der Waals surface area contributed by atoms with Crippen LogP contribution in [-0.2, 0) is 19.8 Å². The molecule has 2 heterocycles. The van der Waals surface area contributed by atoms with Crippen molar-refractivity contribution in [2.24, 2.45) is 0 Å². The zero-order valence-corrected chi connectivity index (χ0v) is 19.2. The number of alkyl carbamates (subject to hydrolysis) is 1. The van der Waals surface area contributed by atoms with Crippen molar-refractivity contribution in [2.45, 2.75) is 71.6 Å². The molecule has 2 rings (SSSR count). The molecule has 9 nitrogen and oxygen atoms in total. The molecule has 2 N–H and O–H groups in total. The third-order valence-electron chi connectivity index (χ3n) is 4.83. The predicted octanol–water partition coefficient (Wildman–Crippen LogP) is 2.58. The fourth-order valence-corrected chi connectivity index (χ4v) is 3.33. The van der Waals surface area contributed by atoms with Gasteiger partial charge in [-0.2, -0.15) is 0 Å². The first-order valence-electron chi connectivity index (χ1n) is 10.6. The lowest BCUT2D eigenvalue weighted by Crippen LogP contribution is -2.46. The van der Waals surface area contributed by atoms with Crippen molar-refractivity contribution < 1.29 is 19.1 Å². The molecule has 1 aromatic rings. The first kappa shape index (κ1) is 24.1. The van der Waals surface area contributed by atoms with Crippen molar-refractivity contribution in [3.05, 3.63) is 12.5 Å². The van der Waals surface area contributed by atoms with Crippen LogP contribution in [0.5, 0.6) is 0 Å². The molecule has 2 amide bonds. The highest BCUT2D eigenvalue weighted by Gasteiger charge is 2.27. The number of carbonyl (C=O) groups is 2. The van der Waals surface area contributed by atoms with Gasteiger partial charge in [-0.25, -0.2) is 9.78 Å². The van der Waals surface area contributed by atoms with E-state index in [1.807, 2.05) is 17.7 Å². The van der Waals surface area contributed by atoms with Crippen molar-refractivity contribution in [3.63, 3.8) is 0 Å². The number of morpholine rings is 1. The van der Waals surface area contributed by atoms with E-state index < -0.39 is 17.7 Å². The SMILES string of the molecule is CCCC(NC(=O)OC(C)(C)C)C(=O)Nc1cn(C(C)(C)CN2CCOCC2)cn1. The van der Waals surface area contributed by atoms with Crippen LogP contribution in [0.2, 0.25) is 0 Å². The molecular weight excluding hydrogens is 386 g/mol. The summed E-state index contributed by atoms with van der Waals surface area (Å²) in [6.07, 6.45) is 4.21. The van der Waals surface area contributed by atoms with Crippen LogP contribution < -0.4 is 10.6 Å². The molecule has 1 aliphatic heterocycles. The number of imidazole rings is 1. The van der Waals surface area contributed by atoms with Crippen LogP contribution in [0.15, 0.2) is 12.5 Å². The summed E-state index contributed by atoms with van der Waals surface area (Å²) >= 11 is 0. The molecule has 170 valence electrons. The van der Waals surface area contributed by atoms with Crippen molar-refractivity contribution in [1.82, 2.24) is 19.8 Å². The van der Waals surface area contributed by atoms with Gasteiger partial charge < -0.3 is 24.7 Å². The van der Waals surface area contributed by atoms with Crippen LogP contribution in [0.1, 0.15) is 54.4 Å². The normalized spacial score (nSPS) is 16.7. The van der Waals surface area contributed by atoms with Gasteiger partial charge in [-0.1, -0.05) is 13.3 Å². The van der Waals surface area contributed by atoms with Gasteiger partial charge in [0.2, 0.25) is 5.91 Å². The molecule has 0 bridgehead atoms. The van der Waals surface area contributed by atoms with Gasteiger partial charge in [0.1, 0.15) is 11.6 Å². The molecule has 0 saturated carbocycles. The van der Waals surface area contributed by atoms with Gasteiger partial charge in [-0.15, -0.1) is 0 Å². The third kappa shape index (κ3) is 7.60.